The van der Waals surface area contributed by atoms with Crippen LogP contribution < -0.4 is 10.1 Å². The Labute approximate surface area is 104 Å². The Morgan fingerprint density at radius 3 is 2.76 bits per heavy atom. The molecule has 94 valence electrons. The molecule has 0 bridgehead atoms. The van der Waals surface area contributed by atoms with Crippen molar-refractivity contribution < 1.29 is 4.74 Å². The Hall–Kier alpha value is -1.02. The molecule has 2 rings (SSSR count). The molecule has 0 spiro atoms. The van der Waals surface area contributed by atoms with Crippen molar-refractivity contribution in [1.82, 2.24) is 5.32 Å². The first kappa shape index (κ1) is 12.4. The van der Waals surface area contributed by atoms with E-state index in [1.807, 2.05) is 0 Å². The molecule has 0 heterocycles. The highest BCUT2D eigenvalue weighted by Crippen LogP contribution is 2.23. The average molecular weight is 233 g/mol. The fraction of sp³-hybridized carbons (Fsp3) is 0.600. The first-order valence-electron chi connectivity index (χ1n) is 6.64. The molecule has 1 fully saturated rings. The van der Waals surface area contributed by atoms with E-state index in [1.165, 1.54) is 24.0 Å². The lowest BCUT2D eigenvalue weighted by atomic mass is 10.0. The van der Waals surface area contributed by atoms with Crippen molar-refractivity contribution in [2.24, 2.45) is 0 Å². The molecule has 1 unspecified atom stereocenters. The second-order valence-corrected chi connectivity index (χ2v) is 5.05. The molecule has 0 radical (unpaired) electrons. The third-order valence-electron chi connectivity index (χ3n) is 3.37. The Morgan fingerprint density at radius 2 is 2.18 bits per heavy atom. The molecule has 1 aromatic rings. The highest BCUT2D eigenvalue weighted by atomic mass is 16.5. The van der Waals surface area contributed by atoms with Gasteiger partial charge in [-0.15, -0.1) is 0 Å². The quantitative estimate of drug-likeness (QED) is 0.815. The number of hydrogen-bond donors (Lipinski definition) is 1. The number of nitrogens with one attached hydrogen (secondary N) is 1. The molecule has 1 aliphatic rings. The molecule has 2 nitrogen and oxygen atoms in total. The molecule has 0 aromatic heterocycles. The minimum absolute atomic E-state index is 0.570. The summed E-state index contributed by atoms with van der Waals surface area (Å²) in [6.45, 7) is 4.45. The number of hydrogen-bond acceptors (Lipinski definition) is 2. The van der Waals surface area contributed by atoms with Crippen LogP contribution in [-0.4, -0.2) is 19.2 Å². The summed E-state index contributed by atoms with van der Waals surface area (Å²) in [6.07, 6.45) is 4.84. The van der Waals surface area contributed by atoms with Gasteiger partial charge in [0.15, 0.2) is 0 Å². The number of aryl methyl sites for hydroxylation is 1. The molecule has 0 saturated heterocycles. The zero-order valence-electron chi connectivity index (χ0n) is 11.1. The standard InChI is InChI=1S/C15H23NO/c1-4-13-10-12(5-8-15(13)17-3)9-11(2)16-14-6-7-14/h5,8,10-11,14,16H,4,6-7,9H2,1-3H3. The van der Waals surface area contributed by atoms with E-state index in [-0.39, 0.29) is 0 Å². The maximum Gasteiger partial charge on any atom is 0.122 e. The van der Waals surface area contributed by atoms with Crippen LogP contribution in [0.5, 0.6) is 5.75 Å². The maximum atomic E-state index is 5.36. The predicted molar refractivity (Wildman–Crippen MR) is 71.7 cm³/mol. The minimum atomic E-state index is 0.570. The van der Waals surface area contributed by atoms with Crippen LogP contribution in [-0.2, 0) is 12.8 Å². The van der Waals surface area contributed by atoms with Crippen LogP contribution in [0, 0.1) is 0 Å². The van der Waals surface area contributed by atoms with Gasteiger partial charge in [0.2, 0.25) is 0 Å². The SMILES string of the molecule is CCc1cc(CC(C)NC2CC2)ccc1OC. The number of ether oxygens (including phenoxy) is 1. The van der Waals surface area contributed by atoms with E-state index >= 15 is 0 Å². The highest BCUT2D eigenvalue weighted by molar-refractivity contribution is 5.37. The fourth-order valence-electron chi connectivity index (χ4n) is 2.30. The van der Waals surface area contributed by atoms with Crippen LogP contribution in [0.3, 0.4) is 0 Å². The van der Waals surface area contributed by atoms with Gasteiger partial charge in [-0.1, -0.05) is 19.1 Å². The van der Waals surface area contributed by atoms with Crippen molar-refractivity contribution in [2.45, 2.75) is 51.6 Å². The molecule has 0 aliphatic heterocycles. The number of rotatable bonds is 6. The Balaban J connectivity index is 1.99. The molecule has 0 amide bonds. The molecule has 2 heteroatoms. The zero-order valence-corrected chi connectivity index (χ0v) is 11.1. The van der Waals surface area contributed by atoms with Gasteiger partial charge in [0, 0.05) is 12.1 Å². The number of benzene rings is 1. The molecule has 1 aromatic carbocycles. The molecule has 1 atom stereocenters. The lowest BCUT2D eigenvalue weighted by Crippen LogP contribution is -2.29. The third kappa shape index (κ3) is 3.47. The molecule has 17 heavy (non-hydrogen) atoms. The summed E-state index contributed by atoms with van der Waals surface area (Å²) in [4.78, 5) is 0. The van der Waals surface area contributed by atoms with Crippen LogP contribution >= 0.6 is 0 Å². The van der Waals surface area contributed by atoms with Crippen molar-refractivity contribution >= 4 is 0 Å². The largest absolute Gasteiger partial charge is 0.496 e. The zero-order chi connectivity index (χ0) is 12.3. The topological polar surface area (TPSA) is 21.3 Å². The molecule has 1 N–H and O–H groups in total. The summed E-state index contributed by atoms with van der Waals surface area (Å²) in [5.74, 6) is 1.01. The van der Waals surface area contributed by atoms with E-state index < -0.39 is 0 Å². The van der Waals surface area contributed by atoms with Gasteiger partial charge in [-0.2, -0.15) is 0 Å². The van der Waals surface area contributed by atoms with E-state index in [0.29, 0.717) is 6.04 Å². The lowest BCUT2D eigenvalue weighted by molar-refractivity contribution is 0.410. The predicted octanol–water partition coefficient (Wildman–Crippen LogP) is 2.94. The van der Waals surface area contributed by atoms with E-state index in [4.69, 9.17) is 4.74 Å². The van der Waals surface area contributed by atoms with Crippen LogP contribution in [0.4, 0.5) is 0 Å². The van der Waals surface area contributed by atoms with Crippen LogP contribution in [0.1, 0.15) is 37.8 Å². The van der Waals surface area contributed by atoms with Crippen molar-refractivity contribution in [2.75, 3.05) is 7.11 Å². The van der Waals surface area contributed by atoms with E-state index in [2.05, 4.69) is 37.4 Å². The summed E-state index contributed by atoms with van der Waals surface area (Å²) < 4.78 is 5.36. The van der Waals surface area contributed by atoms with Gasteiger partial charge in [-0.05, 0) is 49.8 Å². The van der Waals surface area contributed by atoms with Gasteiger partial charge < -0.3 is 10.1 Å². The molecular formula is C15H23NO. The number of methoxy groups -OCH3 is 1. The molecule has 1 saturated carbocycles. The van der Waals surface area contributed by atoms with Crippen molar-refractivity contribution in [3.05, 3.63) is 29.3 Å². The highest BCUT2D eigenvalue weighted by Gasteiger charge is 2.22. The first-order chi connectivity index (χ1) is 8.22. The summed E-state index contributed by atoms with van der Waals surface area (Å²) >= 11 is 0. The second kappa shape index (κ2) is 5.54. The summed E-state index contributed by atoms with van der Waals surface area (Å²) in [5, 5.41) is 3.64. The van der Waals surface area contributed by atoms with Gasteiger partial charge >= 0.3 is 0 Å². The van der Waals surface area contributed by atoms with Crippen molar-refractivity contribution in [1.29, 1.82) is 0 Å². The van der Waals surface area contributed by atoms with Crippen LogP contribution in [0.15, 0.2) is 18.2 Å². The van der Waals surface area contributed by atoms with Crippen molar-refractivity contribution in [3.8, 4) is 5.75 Å². The van der Waals surface area contributed by atoms with E-state index in [1.54, 1.807) is 7.11 Å². The van der Waals surface area contributed by atoms with E-state index in [9.17, 15) is 0 Å². The van der Waals surface area contributed by atoms with Crippen molar-refractivity contribution in [3.63, 3.8) is 0 Å². The average Bonchev–Trinajstić information content (AvgIpc) is 3.12. The summed E-state index contributed by atoms with van der Waals surface area (Å²) in [6, 6.07) is 7.92. The van der Waals surface area contributed by atoms with E-state index in [0.717, 1.165) is 24.6 Å². The van der Waals surface area contributed by atoms with Crippen LogP contribution in [0.2, 0.25) is 0 Å². The van der Waals surface area contributed by atoms with Gasteiger partial charge in [-0.3, -0.25) is 0 Å². The summed E-state index contributed by atoms with van der Waals surface area (Å²) in [7, 11) is 1.74. The Bertz CT molecular complexity index is 371. The summed E-state index contributed by atoms with van der Waals surface area (Å²) in [5.41, 5.74) is 2.71. The monoisotopic (exact) mass is 233 g/mol. The second-order valence-electron chi connectivity index (χ2n) is 5.05. The lowest BCUT2D eigenvalue weighted by Gasteiger charge is -2.15. The van der Waals surface area contributed by atoms with Gasteiger partial charge in [-0.25, -0.2) is 0 Å². The minimum Gasteiger partial charge on any atom is -0.496 e. The third-order valence-corrected chi connectivity index (χ3v) is 3.37. The van der Waals surface area contributed by atoms with Gasteiger partial charge in [0.1, 0.15) is 5.75 Å². The van der Waals surface area contributed by atoms with Gasteiger partial charge in [0.05, 0.1) is 7.11 Å². The fourth-order valence-corrected chi connectivity index (χ4v) is 2.30. The Kier molecular flexibility index (Phi) is 4.06. The smallest absolute Gasteiger partial charge is 0.122 e. The Morgan fingerprint density at radius 1 is 1.41 bits per heavy atom. The molecular weight excluding hydrogens is 210 g/mol. The maximum absolute atomic E-state index is 5.36. The van der Waals surface area contributed by atoms with Gasteiger partial charge in [0.25, 0.3) is 0 Å². The van der Waals surface area contributed by atoms with Crippen LogP contribution in [0.25, 0.3) is 0 Å². The molecule has 1 aliphatic carbocycles. The first-order valence-corrected chi connectivity index (χ1v) is 6.64. The normalized spacial score (nSPS) is 16.9.